The normalized spacial score (nSPS) is 9.69. The highest BCUT2D eigenvalue weighted by molar-refractivity contribution is 5.76. The van der Waals surface area contributed by atoms with Gasteiger partial charge in [0.2, 0.25) is 0 Å². The number of nitrogens with zero attached hydrogens (tertiary/aromatic N) is 1. The van der Waals surface area contributed by atoms with Crippen LogP contribution in [0.25, 0.3) is 0 Å². The van der Waals surface area contributed by atoms with Crippen LogP contribution in [-0.4, -0.2) is 11.2 Å². The zero-order valence-corrected chi connectivity index (χ0v) is 6.78. The fraction of sp³-hybridized carbons (Fsp3) is 0.125. The Kier molecular flexibility index (Phi) is 2.36. The average molecular weight is 183 g/mol. The molecule has 5 heteroatoms. The molecule has 0 aliphatic heterocycles. The van der Waals surface area contributed by atoms with Gasteiger partial charge in [0.1, 0.15) is 5.82 Å². The molecule has 13 heavy (non-hydrogen) atoms. The van der Waals surface area contributed by atoms with Crippen LogP contribution in [0.2, 0.25) is 0 Å². The van der Waals surface area contributed by atoms with Gasteiger partial charge in [-0.15, -0.1) is 0 Å². The molecule has 1 aromatic carbocycles. The summed E-state index contributed by atoms with van der Waals surface area (Å²) in [4.78, 5) is 19.9. The van der Waals surface area contributed by atoms with E-state index in [-0.39, 0.29) is 16.8 Å². The summed E-state index contributed by atoms with van der Waals surface area (Å²) in [5.41, 5.74) is -0.596. The van der Waals surface area contributed by atoms with E-state index in [0.717, 1.165) is 12.1 Å². The Morgan fingerprint density at radius 1 is 1.54 bits per heavy atom. The molecule has 0 aromatic heterocycles. The molecule has 0 unspecified atom stereocenters. The van der Waals surface area contributed by atoms with Gasteiger partial charge in [0.05, 0.1) is 16.1 Å². The molecule has 0 saturated heterocycles. The van der Waals surface area contributed by atoms with Crippen LogP contribution in [0.5, 0.6) is 0 Å². The maximum atomic E-state index is 13.1. The number of hydrogen-bond donors (Lipinski definition) is 0. The van der Waals surface area contributed by atoms with Crippen LogP contribution in [0.1, 0.15) is 15.9 Å². The predicted molar refractivity (Wildman–Crippen MR) is 43.2 cm³/mol. The number of nitro benzene ring substituents is 1. The topological polar surface area (TPSA) is 60.2 Å². The van der Waals surface area contributed by atoms with Crippen molar-refractivity contribution in [2.45, 2.75) is 6.92 Å². The van der Waals surface area contributed by atoms with E-state index < -0.39 is 10.7 Å². The van der Waals surface area contributed by atoms with E-state index >= 15 is 0 Å². The highest BCUT2D eigenvalue weighted by Crippen LogP contribution is 2.21. The van der Waals surface area contributed by atoms with E-state index in [4.69, 9.17) is 0 Å². The van der Waals surface area contributed by atoms with E-state index in [1.54, 1.807) is 0 Å². The Morgan fingerprint density at radius 2 is 2.15 bits per heavy atom. The number of carbonyl (C=O) groups excluding carboxylic acids is 1. The number of carbonyl (C=O) groups is 1. The molecule has 0 atom stereocenters. The average Bonchev–Trinajstić information content (AvgIpc) is 2.09. The van der Waals surface area contributed by atoms with Crippen LogP contribution in [0.4, 0.5) is 10.1 Å². The van der Waals surface area contributed by atoms with Crippen molar-refractivity contribution in [3.8, 4) is 0 Å². The monoisotopic (exact) mass is 183 g/mol. The van der Waals surface area contributed by atoms with E-state index in [2.05, 4.69) is 0 Å². The highest BCUT2D eigenvalue weighted by Gasteiger charge is 2.16. The minimum atomic E-state index is -0.829. The molecule has 0 heterocycles. The lowest BCUT2D eigenvalue weighted by Gasteiger charge is -1.99. The maximum Gasteiger partial charge on any atom is 0.275 e. The van der Waals surface area contributed by atoms with Gasteiger partial charge >= 0.3 is 0 Å². The van der Waals surface area contributed by atoms with E-state index in [1.165, 1.54) is 6.92 Å². The lowest BCUT2D eigenvalue weighted by atomic mass is 10.1. The van der Waals surface area contributed by atoms with Crippen molar-refractivity contribution < 1.29 is 14.1 Å². The molecule has 0 fully saturated rings. The van der Waals surface area contributed by atoms with Crippen molar-refractivity contribution in [1.82, 2.24) is 0 Å². The third-order valence-corrected chi connectivity index (χ3v) is 1.71. The molecule has 0 aliphatic carbocycles. The minimum absolute atomic E-state index is 0.116. The van der Waals surface area contributed by atoms with Crippen LogP contribution < -0.4 is 0 Å². The van der Waals surface area contributed by atoms with Crippen LogP contribution in [0, 0.1) is 22.9 Å². The lowest BCUT2D eigenvalue weighted by Crippen LogP contribution is -1.97. The molecule has 68 valence electrons. The summed E-state index contributed by atoms with van der Waals surface area (Å²) in [5.74, 6) is -0.829. The van der Waals surface area contributed by atoms with E-state index in [9.17, 15) is 19.3 Å². The molecule has 0 aliphatic rings. The fourth-order valence-corrected chi connectivity index (χ4v) is 0.985. The van der Waals surface area contributed by atoms with Gasteiger partial charge in [0, 0.05) is 6.07 Å². The first-order valence-electron chi connectivity index (χ1n) is 3.46. The summed E-state index contributed by atoms with van der Waals surface area (Å²) in [6.45, 7) is 1.26. The summed E-state index contributed by atoms with van der Waals surface area (Å²) in [5, 5.41) is 10.3. The molecular formula is C8H6FNO3. The number of halogens is 1. The first kappa shape index (κ1) is 9.31. The Morgan fingerprint density at radius 3 is 2.62 bits per heavy atom. The van der Waals surface area contributed by atoms with E-state index in [1.807, 2.05) is 0 Å². The van der Waals surface area contributed by atoms with E-state index in [0.29, 0.717) is 6.29 Å². The smallest absolute Gasteiger partial charge is 0.275 e. The summed E-state index contributed by atoms with van der Waals surface area (Å²) in [6, 6.07) is 2.20. The van der Waals surface area contributed by atoms with Gasteiger partial charge in [-0.2, -0.15) is 0 Å². The molecule has 0 amide bonds. The van der Waals surface area contributed by atoms with Gasteiger partial charge < -0.3 is 0 Å². The molecule has 0 N–H and O–H groups in total. The molecular weight excluding hydrogens is 177 g/mol. The highest BCUT2D eigenvalue weighted by atomic mass is 19.1. The van der Waals surface area contributed by atoms with Crippen molar-refractivity contribution in [3.05, 3.63) is 39.2 Å². The number of hydrogen-bond acceptors (Lipinski definition) is 3. The van der Waals surface area contributed by atoms with Crippen molar-refractivity contribution in [2.75, 3.05) is 0 Å². The molecule has 0 radical (unpaired) electrons. The van der Waals surface area contributed by atoms with Gasteiger partial charge in [-0.25, -0.2) is 4.39 Å². The largest absolute Gasteiger partial charge is 0.298 e. The molecule has 0 spiro atoms. The third kappa shape index (κ3) is 1.53. The quantitative estimate of drug-likeness (QED) is 0.399. The molecule has 1 aromatic rings. The van der Waals surface area contributed by atoms with Gasteiger partial charge in [-0.1, -0.05) is 0 Å². The summed E-state index contributed by atoms with van der Waals surface area (Å²) in [7, 11) is 0. The van der Waals surface area contributed by atoms with Gasteiger partial charge in [-0.05, 0) is 13.0 Å². The second kappa shape index (κ2) is 3.30. The van der Waals surface area contributed by atoms with Crippen molar-refractivity contribution >= 4 is 12.0 Å². The standard InChI is InChI=1S/C8H6FNO3/c1-5-7(10(12)13)3-2-6(4-11)8(5)9/h2-4H,1H3. The SMILES string of the molecule is Cc1c([N+](=O)[O-])ccc(C=O)c1F. The van der Waals surface area contributed by atoms with Gasteiger partial charge in [0.15, 0.2) is 6.29 Å². The van der Waals surface area contributed by atoms with Crippen molar-refractivity contribution in [2.24, 2.45) is 0 Å². The summed E-state index contributed by atoms with van der Waals surface area (Å²) in [6.07, 6.45) is 0.325. The zero-order valence-electron chi connectivity index (χ0n) is 6.78. The van der Waals surface area contributed by atoms with Crippen LogP contribution in [0.15, 0.2) is 12.1 Å². The second-order valence-electron chi connectivity index (χ2n) is 2.49. The second-order valence-corrected chi connectivity index (χ2v) is 2.49. The first-order valence-corrected chi connectivity index (χ1v) is 3.46. The number of aldehydes is 1. The fourth-order valence-electron chi connectivity index (χ4n) is 0.985. The third-order valence-electron chi connectivity index (χ3n) is 1.71. The lowest BCUT2D eigenvalue weighted by molar-refractivity contribution is -0.385. The summed E-state index contributed by atoms with van der Waals surface area (Å²) < 4.78 is 13.1. The van der Waals surface area contributed by atoms with Crippen LogP contribution >= 0.6 is 0 Å². The molecule has 0 saturated carbocycles. The Hall–Kier alpha value is -1.78. The van der Waals surface area contributed by atoms with Crippen LogP contribution in [0.3, 0.4) is 0 Å². The van der Waals surface area contributed by atoms with Gasteiger partial charge in [-0.3, -0.25) is 14.9 Å². The van der Waals surface area contributed by atoms with Crippen molar-refractivity contribution in [3.63, 3.8) is 0 Å². The van der Waals surface area contributed by atoms with Gasteiger partial charge in [0.25, 0.3) is 5.69 Å². The Labute approximate surface area is 73.1 Å². The summed E-state index contributed by atoms with van der Waals surface area (Å²) >= 11 is 0. The number of benzene rings is 1. The molecule has 0 bridgehead atoms. The zero-order chi connectivity index (χ0) is 10.0. The Bertz CT molecular complexity index is 376. The number of nitro groups is 1. The van der Waals surface area contributed by atoms with Crippen molar-refractivity contribution in [1.29, 1.82) is 0 Å². The number of rotatable bonds is 2. The Balaban J connectivity index is 3.39. The maximum absolute atomic E-state index is 13.1. The predicted octanol–water partition coefficient (Wildman–Crippen LogP) is 1.85. The minimum Gasteiger partial charge on any atom is -0.298 e. The molecule has 4 nitrogen and oxygen atoms in total. The first-order chi connectivity index (χ1) is 6.07. The molecule has 1 rings (SSSR count). The van der Waals surface area contributed by atoms with Crippen LogP contribution in [-0.2, 0) is 0 Å².